The van der Waals surface area contributed by atoms with Crippen LogP contribution < -0.4 is 10.6 Å². The van der Waals surface area contributed by atoms with E-state index in [1.165, 1.54) is 0 Å². The first-order chi connectivity index (χ1) is 11.4. The van der Waals surface area contributed by atoms with Crippen molar-refractivity contribution in [2.45, 2.75) is 26.8 Å². The highest BCUT2D eigenvalue weighted by Crippen LogP contribution is 2.18. The van der Waals surface area contributed by atoms with E-state index >= 15 is 0 Å². The van der Waals surface area contributed by atoms with E-state index in [4.69, 9.17) is 0 Å². The van der Waals surface area contributed by atoms with Crippen LogP contribution in [-0.4, -0.2) is 18.4 Å². The van der Waals surface area contributed by atoms with Crippen molar-refractivity contribution in [3.05, 3.63) is 68.3 Å². The average molecular weight is 436 g/mol. The van der Waals surface area contributed by atoms with Crippen molar-refractivity contribution < 1.29 is 9.59 Å². The number of aryl methyl sites for hydroxylation is 2. The fourth-order valence-electron chi connectivity index (χ4n) is 2.50. The van der Waals surface area contributed by atoms with E-state index < -0.39 is 0 Å². The van der Waals surface area contributed by atoms with Crippen LogP contribution in [0.5, 0.6) is 0 Å². The molecule has 2 amide bonds. The molecule has 24 heavy (non-hydrogen) atoms. The van der Waals surface area contributed by atoms with Gasteiger partial charge < -0.3 is 10.6 Å². The maximum Gasteiger partial charge on any atom is 0.252 e. The number of nitrogens with one attached hydrogen (secondary N) is 2. The molecule has 0 aliphatic rings. The van der Waals surface area contributed by atoms with Gasteiger partial charge in [0.1, 0.15) is 0 Å². The van der Waals surface area contributed by atoms with Gasteiger partial charge in [-0.25, -0.2) is 0 Å². The topological polar surface area (TPSA) is 58.2 Å². The minimum atomic E-state index is -0.241. The van der Waals surface area contributed by atoms with Crippen LogP contribution >= 0.6 is 22.6 Å². The van der Waals surface area contributed by atoms with E-state index in [0.29, 0.717) is 5.56 Å². The van der Waals surface area contributed by atoms with Gasteiger partial charge in [-0.15, -0.1) is 0 Å². The summed E-state index contributed by atoms with van der Waals surface area (Å²) in [5, 5.41) is 5.60. The van der Waals surface area contributed by atoms with Gasteiger partial charge in [0.2, 0.25) is 5.91 Å². The summed E-state index contributed by atoms with van der Waals surface area (Å²) in [5.41, 5.74) is 3.96. The summed E-state index contributed by atoms with van der Waals surface area (Å²) in [6.07, 6.45) is 0. The van der Waals surface area contributed by atoms with E-state index in [1.807, 2.05) is 39.0 Å². The lowest BCUT2D eigenvalue weighted by molar-refractivity contribution is -0.120. The Labute approximate surface area is 156 Å². The van der Waals surface area contributed by atoms with Gasteiger partial charge in [0.15, 0.2) is 0 Å². The van der Waals surface area contributed by atoms with Crippen molar-refractivity contribution in [1.29, 1.82) is 0 Å². The summed E-state index contributed by atoms with van der Waals surface area (Å²) >= 11 is 2.11. The minimum Gasteiger partial charge on any atom is -0.348 e. The van der Waals surface area contributed by atoms with Crippen LogP contribution in [0.1, 0.15) is 40.0 Å². The van der Waals surface area contributed by atoms with Crippen LogP contribution in [0, 0.1) is 17.4 Å². The Morgan fingerprint density at radius 2 is 1.83 bits per heavy atom. The van der Waals surface area contributed by atoms with Gasteiger partial charge in [-0.1, -0.05) is 35.9 Å². The lowest BCUT2D eigenvalue weighted by atomic mass is 10.00. The highest BCUT2D eigenvalue weighted by Gasteiger charge is 2.14. The molecule has 0 radical (unpaired) electrons. The predicted octanol–water partition coefficient (Wildman–Crippen LogP) is 3.52. The van der Waals surface area contributed by atoms with Crippen LogP contribution in [0.4, 0.5) is 0 Å². The van der Waals surface area contributed by atoms with Crippen LogP contribution in [0.2, 0.25) is 0 Å². The standard InChI is InChI=1S/C19H21IN2O2/c1-12-8-9-13(2)16(10-12)14(3)22-18(23)11-21-19(24)15-6-4-5-7-17(15)20/h4-10,14H,11H2,1-3H3,(H,21,24)(H,22,23). The highest BCUT2D eigenvalue weighted by atomic mass is 127. The van der Waals surface area contributed by atoms with E-state index in [-0.39, 0.29) is 24.4 Å². The smallest absolute Gasteiger partial charge is 0.252 e. The van der Waals surface area contributed by atoms with Crippen LogP contribution in [0.3, 0.4) is 0 Å². The van der Waals surface area contributed by atoms with Crippen LogP contribution in [-0.2, 0) is 4.79 Å². The maximum atomic E-state index is 12.1. The fourth-order valence-corrected chi connectivity index (χ4v) is 3.13. The molecule has 0 heterocycles. The first kappa shape index (κ1) is 18.4. The summed E-state index contributed by atoms with van der Waals surface area (Å²) in [6.45, 7) is 5.95. The monoisotopic (exact) mass is 436 g/mol. The second-order valence-corrected chi connectivity index (χ2v) is 6.97. The van der Waals surface area contributed by atoms with Crippen molar-refractivity contribution in [2.24, 2.45) is 0 Å². The second-order valence-electron chi connectivity index (χ2n) is 5.81. The molecule has 0 aliphatic carbocycles. The van der Waals surface area contributed by atoms with E-state index in [1.54, 1.807) is 12.1 Å². The summed E-state index contributed by atoms with van der Waals surface area (Å²) in [6, 6.07) is 13.3. The van der Waals surface area contributed by atoms with Crippen molar-refractivity contribution in [3.8, 4) is 0 Å². The molecule has 0 aliphatic heterocycles. The normalized spacial score (nSPS) is 11.7. The van der Waals surface area contributed by atoms with Gasteiger partial charge in [-0.3, -0.25) is 9.59 Å². The Hall–Kier alpha value is -1.89. The molecule has 1 unspecified atom stereocenters. The number of carbonyl (C=O) groups excluding carboxylic acids is 2. The molecule has 0 saturated heterocycles. The zero-order chi connectivity index (χ0) is 17.7. The van der Waals surface area contributed by atoms with E-state index in [0.717, 1.165) is 20.3 Å². The van der Waals surface area contributed by atoms with Gasteiger partial charge in [-0.05, 0) is 66.6 Å². The van der Waals surface area contributed by atoms with Gasteiger partial charge in [-0.2, -0.15) is 0 Å². The summed E-state index contributed by atoms with van der Waals surface area (Å²) < 4.78 is 0.858. The molecule has 0 bridgehead atoms. The van der Waals surface area contributed by atoms with Crippen LogP contribution in [0.15, 0.2) is 42.5 Å². The molecule has 2 rings (SSSR count). The molecule has 0 spiro atoms. The van der Waals surface area contributed by atoms with Crippen molar-refractivity contribution in [1.82, 2.24) is 10.6 Å². The molecule has 0 aromatic heterocycles. The Balaban J connectivity index is 1.92. The maximum absolute atomic E-state index is 12.1. The minimum absolute atomic E-state index is 0.0426. The zero-order valence-corrected chi connectivity index (χ0v) is 16.2. The second kappa shape index (κ2) is 8.28. The number of hydrogen-bond donors (Lipinski definition) is 2. The summed E-state index contributed by atoms with van der Waals surface area (Å²) in [5.74, 6) is -0.447. The molecule has 2 aromatic rings. The van der Waals surface area contributed by atoms with Gasteiger partial charge in [0, 0.05) is 3.57 Å². The third-order valence-electron chi connectivity index (χ3n) is 3.81. The van der Waals surface area contributed by atoms with Gasteiger partial charge in [0.05, 0.1) is 18.2 Å². The molecular weight excluding hydrogens is 415 g/mol. The molecule has 2 aromatic carbocycles. The molecule has 0 fully saturated rings. The fraction of sp³-hybridized carbons (Fsp3) is 0.263. The molecule has 1 atom stereocenters. The van der Waals surface area contributed by atoms with E-state index in [2.05, 4.69) is 45.4 Å². The lowest BCUT2D eigenvalue weighted by Crippen LogP contribution is -2.38. The van der Waals surface area contributed by atoms with Crippen molar-refractivity contribution in [2.75, 3.05) is 6.54 Å². The van der Waals surface area contributed by atoms with Gasteiger partial charge >= 0.3 is 0 Å². The molecule has 5 heteroatoms. The Morgan fingerprint density at radius 3 is 2.54 bits per heavy atom. The number of halogens is 1. The third-order valence-corrected chi connectivity index (χ3v) is 4.75. The van der Waals surface area contributed by atoms with Gasteiger partial charge in [0.25, 0.3) is 5.91 Å². The zero-order valence-electron chi connectivity index (χ0n) is 14.0. The quantitative estimate of drug-likeness (QED) is 0.705. The van der Waals surface area contributed by atoms with Crippen LogP contribution in [0.25, 0.3) is 0 Å². The largest absolute Gasteiger partial charge is 0.348 e. The molecule has 4 nitrogen and oxygen atoms in total. The molecule has 2 N–H and O–H groups in total. The Morgan fingerprint density at radius 1 is 1.12 bits per heavy atom. The molecule has 126 valence electrons. The average Bonchev–Trinajstić information content (AvgIpc) is 2.55. The lowest BCUT2D eigenvalue weighted by Gasteiger charge is -2.17. The Bertz CT molecular complexity index is 759. The summed E-state index contributed by atoms with van der Waals surface area (Å²) in [4.78, 5) is 24.2. The first-order valence-electron chi connectivity index (χ1n) is 7.77. The Kier molecular flexibility index (Phi) is 6.36. The number of hydrogen-bond acceptors (Lipinski definition) is 2. The highest BCUT2D eigenvalue weighted by molar-refractivity contribution is 14.1. The summed E-state index contributed by atoms with van der Waals surface area (Å²) in [7, 11) is 0. The number of amides is 2. The van der Waals surface area contributed by atoms with E-state index in [9.17, 15) is 9.59 Å². The third kappa shape index (κ3) is 4.80. The number of rotatable bonds is 5. The predicted molar refractivity (Wildman–Crippen MR) is 104 cm³/mol. The number of benzene rings is 2. The molecular formula is C19H21IN2O2. The van der Waals surface area contributed by atoms with Crippen molar-refractivity contribution in [3.63, 3.8) is 0 Å². The van der Waals surface area contributed by atoms with Crippen molar-refractivity contribution >= 4 is 34.4 Å². The SMILES string of the molecule is Cc1ccc(C)c(C(C)NC(=O)CNC(=O)c2ccccc2I)c1. The number of carbonyl (C=O) groups is 2. The molecule has 0 saturated carbocycles. The first-order valence-corrected chi connectivity index (χ1v) is 8.85.